The molecule has 31 heavy (non-hydrogen) atoms. The first-order valence-corrected chi connectivity index (χ1v) is 11.6. The van der Waals surface area contributed by atoms with Gasteiger partial charge in [-0.15, -0.1) is 0 Å². The molecule has 166 valence electrons. The van der Waals surface area contributed by atoms with Gasteiger partial charge in [-0.2, -0.15) is 0 Å². The van der Waals surface area contributed by atoms with Gasteiger partial charge in [0.1, 0.15) is 11.9 Å². The first-order chi connectivity index (χ1) is 14.8. The summed E-state index contributed by atoms with van der Waals surface area (Å²) in [4.78, 5) is 25.8. The number of ether oxygens (including phenoxy) is 1. The molecule has 2 aliphatic heterocycles. The molecular formula is C21H25N2O7P. The number of rotatable bonds is 6. The molecule has 0 amide bonds. The van der Waals surface area contributed by atoms with Gasteiger partial charge >= 0.3 is 13.5 Å². The SMILES string of the molecule is CCC(C)c1cccc2c1OP(=O)(OCC1C=CC(n3cc(C)c(=O)[nH]c3=O)O1)OC2. The summed E-state index contributed by atoms with van der Waals surface area (Å²) in [6.45, 7) is 5.81. The van der Waals surface area contributed by atoms with E-state index in [1.807, 2.05) is 18.2 Å². The largest absolute Gasteiger partial charge is 0.530 e. The smallest absolute Gasteiger partial charge is 0.403 e. The molecule has 1 N–H and O–H groups in total. The lowest BCUT2D eigenvalue weighted by Crippen LogP contribution is -2.33. The van der Waals surface area contributed by atoms with Crippen molar-refractivity contribution in [1.29, 1.82) is 0 Å². The minimum atomic E-state index is -3.82. The maximum Gasteiger partial charge on any atom is 0.530 e. The van der Waals surface area contributed by atoms with Crippen LogP contribution in [0.2, 0.25) is 0 Å². The van der Waals surface area contributed by atoms with E-state index in [0.29, 0.717) is 11.3 Å². The number of H-pyrrole nitrogens is 1. The maximum absolute atomic E-state index is 13.1. The highest BCUT2D eigenvalue weighted by molar-refractivity contribution is 7.49. The van der Waals surface area contributed by atoms with Gasteiger partial charge in [-0.3, -0.25) is 23.4 Å². The summed E-state index contributed by atoms with van der Waals surface area (Å²) in [5.74, 6) is 0.796. The van der Waals surface area contributed by atoms with Crippen molar-refractivity contribution < 1.29 is 22.9 Å². The van der Waals surface area contributed by atoms with Gasteiger partial charge < -0.3 is 9.26 Å². The Morgan fingerprint density at radius 1 is 1.32 bits per heavy atom. The van der Waals surface area contributed by atoms with Crippen LogP contribution in [0, 0.1) is 6.92 Å². The Bertz CT molecular complexity index is 1170. The van der Waals surface area contributed by atoms with Gasteiger partial charge in [-0.05, 0) is 30.9 Å². The Labute approximate surface area is 179 Å². The van der Waals surface area contributed by atoms with Gasteiger partial charge in [0.2, 0.25) is 0 Å². The van der Waals surface area contributed by atoms with E-state index in [1.54, 1.807) is 19.1 Å². The molecule has 0 spiro atoms. The third-order valence-electron chi connectivity index (χ3n) is 5.47. The van der Waals surface area contributed by atoms with Gasteiger partial charge in [0.25, 0.3) is 5.56 Å². The summed E-state index contributed by atoms with van der Waals surface area (Å²) in [6, 6.07) is 5.77. The molecule has 0 saturated heterocycles. The molecule has 1 aromatic heterocycles. The number of aromatic amines is 1. The number of fused-ring (bicyclic) bond motifs is 1. The number of para-hydroxylation sites is 1. The van der Waals surface area contributed by atoms with Crippen LogP contribution in [0.5, 0.6) is 5.75 Å². The molecule has 3 heterocycles. The predicted octanol–water partition coefficient (Wildman–Crippen LogP) is 3.55. The number of nitrogens with zero attached hydrogens (tertiary/aromatic N) is 1. The van der Waals surface area contributed by atoms with Crippen LogP contribution >= 0.6 is 7.82 Å². The van der Waals surface area contributed by atoms with E-state index in [2.05, 4.69) is 18.8 Å². The van der Waals surface area contributed by atoms with Gasteiger partial charge in [-0.25, -0.2) is 9.36 Å². The minimum Gasteiger partial charge on any atom is -0.403 e. The fourth-order valence-corrected chi connectivity index (χ4v) is 4.72. The van der Waals surface area contributed by atoms with E-state index < -0.39 is 31.4 Å². The van der Waals surface area contributed by atoms with E-state index in [1.165, 1.54) is 10.8 Å². The highest BCUT2D eigenvalue weighted by Crippen LogP contribution is 2.56. The molecule has 4 rings (SSSR count). The van der Waals surface area contributed by atoms with E-state index >= 15 is 0 Å². The third kappa shape index (κ3) is 4.45. The van der Waals surface area contributed by atoms with Crippen LogP contribution < -0.4 is 15.8 Å². The second-order valence-corrected chi connectivity index (χ2v) is 9.27. The number of benzene rings is 1. The maximum atomic E-state index is 13.1. The van der Waals surface area contributed by atoms with Crippen molar-refractivity contribution in [3.05, 3.63) is 74.1 Å². The molecule has 0 radical (unpaired) electrons. The zero-order chi connectivity index (χ0) is 22.2. The fourth-order valence-electron chi connectivity index (χ4n) is 3.47. The molecule has 2 aromatic rings. The number of aromatic nitrogens is 2. The molecule has 2 aliphatic rings. The lowest BCUT2D eigenvalue weighted by Gasteiger charge is -2.28. The van der Waals surface area contributed by atoms with E-state index in [4.69, 9.17) is 18.3 Å². The molecule has 9 nitrogen and oxygen atoms in total. The van der Waals surface area contributed by atoms with Crippen molar-refractivity contribution in [3.8, 4) is 5.75 Å². The van der Waals surface area contributed by atoms with Crippen molar-refractivity contribution in [2.24, 2.45) is 0 Å². The summed E-state index contributed by atoms with van der Waals surface area (Å²) in [6.07, 6.45) is 4.45. The van der Waals surface area contributed by atoms with Gasteiger partial charge in [0.05, 0.1) is 13.2 Å². The van der Waals surface area contributed by atoms with Crippen molar-refractivity contribution in [2.45, 2.75) is 52.0 Å². The zero-order valence-electron chi connectivity index (χ0n) is 17.6. The molecule has 0 saturated carbocycles. The van der Waals surface area contributed by atoms with Crippen LogP contribution in [0.1, 0.15) is 49.1 Å². The number of phosphoric ester groups is 1. The second kappa shape index (κ2) is 8.59. The zero-order valence-corrected chi connectivity index (χ0v) is 18.5. The summed E-state index contributed by atoms with van der Waals surface area (Å²) in [5.41, 5.74) is 1.17. The lowest BCUT2D eigenvalue weighted by atomic mass is 9.96. The van der Waals surface area contributed by atoms with Gasteiger partial charge in [0, 0.05) is 17.3 Å². The first kappa shape index (κ1) is 21.8. The predicted molar refractivity (Wildman–Crippen MR) is 113 cm³/mol. The van der Waals surface area contributed by atoms with Gasteiger partial charge in [0.15, 0.2) is 6.23 Å². The summed E-state index contributed by atoms with van der Waals surface area (Å²) < 4.78 is 36.8. The van der Waals surface area contributed by atoms with Crippen molar-refractivity contribution in [1.82, 2.24) is 9.55 Å². The standard InChI is InChI=1S/C21H25N2O7P/c1-4-13(2)17-7-5-6-15-11-27-31(26,30-19(15)17)28-12-16-8-9-18(29-16)23-10-14(3)20(24)22-21(23)25/h5-10,13,16,18H,4,11-12H2,1-3H3,(H,22,24,25). The number of aryl methyl sites for hydroxylation is 1. The Balaban J connectivity index is 1.43. The second-order valence-electron chi connectivity index (χ2n) is 7.68. The van der Waals surface area contributed by atoms with Crippen molar-refractivity contribution in [2.75, 3.05) is 6.61 Å². The third-order valence-corrected chi connectivity index (χ3v) is 6.79. The highest BCUT2D eigenvalue weighted by Gasteiger charge is 2.37. The average molecular weight is 448 g/mol. The van der Waals surface area contributed by atoms with Gasteiger partial charge in [-0.1, -0.05) is 38.1 Å². The number of hydrogen-bond acceptors (Lipinski definition) is 7. The summed E-state index contributed by atoms with van der Waals surface area (Å²) in [7, 11) is -3.82. The molecule has 0 fully saturated rings. The number of phosphoric acid groups is 1. The van der Waals surface area contributed by atoms with Crippen molar-refractivity contribution in [3.63, 3.8) is 0 Å². The topological polar surface area (TPSA) is 109 Å². The van der Waals surface area contributed by atoms with Crippen LogP contribution in [0.4, 0.5) is 0 Å². The van der Waals surface area contributed by atoms with E-state index in [0.717, 1.165) is 17.5 Å². The normalized spacial score (nSPS) is 25.8. The van der Waals surface area contributed by atoms with Crippen LogP contribution in [-0.4, -0.2) is 22.3 Å². The Hall–Kier alpha value is -2.45. The molecule has 1 aromatic carbocycles. The van der Waals surface area contributed by atoms with E-state index in [9.17, 15) is 14.2 Å². The molecule has 10 heteroatoms. The quantitative estimate of drug-likeness (QED) is 0.532. The molecule has 0 aliphatic carbocycles. The minimum absolute atomic E-state index is 0.0812. The fraction of sp³-hybridized carbons (Fsp3) is 0.429. The summed E-state index contributed by atoms with van der Waals surface area (Å²) in [5, 5.41) is 0. The van der Waals surface area contributed by atoms with Crippen LogP contribution in [-0.2, 0) is 25.0 Å². The van der Waals surface area contributed by atoms with Crippen LogP contribution in [0.15, 0.2) is 46.1 Å². The van der Waals surface area contributed by atoms with Crippen LogP contribution in [0.3, 0.4) is 0 Å². The highest BCUT2D eigenvalue weighted by atomic mass is 31.2. The number of hydrogen-bond donors (Lipinski definition) is 1. The Morgan fingerprint density at radius 2 is 2.13 bits per heavy atom. The molecule has 4 atom stereocenters. The van der Waals surface area contributed by atoms with Crippen LogP contribution in [0.25, 0.3) is 0 Å². The monoisotopic (exact) mass is 448 g/mol. The Morgan fingerprint density at radius 3 is 2.90 bits per heavy atom. The molecule has 4 unspecified atom stereocenters. The van der Waals surface area contributed by atoms with E-state index in [-0.39, 0.29) is 19.1 Å². The molecule has 0 bridgehead atoms. The first-order valence-electron chi connectivity index (χ1n) is 10.2. The Kier molecular flexibility index (Phi) is 6.03. The number of nitrogens with one attached hydrogen (secondary N) is 1. The average Bonchev–Trinajstić information content (AvgIpc) is 3.23. The molecular weight excluding hydrogens is 423 g/mol. The lowest BCUT2D eigenvalue weighted by molar-refractivity contribution is -0.0130. The summed E-state index contributed by atoms with van der Waals surface area (Å²) >= 11 is 0. The van der Waals surface area contributed by atoms with Crippen molar-refractivity contribution >= 4 is 7.82 Å².